The zero-order valence-corrected chi connectivity index (χ0v) is 11.8. The Bertz CT molecular complexity index is 523. The maximum absolute atomic E-state index is 12.0. The number of ether oxygens (including phenoxy) is 1. The summed E-state index contributed by atoms with van der Waals surface area (Å²) in [6.07, 6.45) is 0.275. The number of hydrogen-bond donors (Lipinski definition) is 2. The summed E-state index contributed by atoms with van der Waals surface area (Å²) in [5.74, 6) is -0.429. The van der Waals surface area contributed by atoms with Crippen LogP contribution in [0.15, 0.2) is 24.3 Å². The standard InChI is InChI=1S/C15H19N3O3/c19-14-9-11(10-16-14)15(20)17-12-1-3-13(4-2-12)18-5-7-21-8-6-18/h1-4,11H,5-10H2,(H,16,19)(H,17,20). The second-order valence-corrected chi connectivity index (χ2v) is 5.34. The van der Waals surface area contributed by atoms with E-state index in [0.717, 1.165) is 37.7 Å². The van der Waals surface area contributed by atoms with E-state index >= 15 is 0 Å². The number of hydrogen-bond acceptors (Lipinski definition) is 4. The fourth-order valence-electron chi connectivity index (χ4n) is 2.61. The van der Waals surface area contributed by atoms with Gasteiger partial charge in [-0.15, -0.1) is 0 Å². The molecule has 2 fully saturated rings. The Hall–Kier alpha value is -2.08. The number of rotatable bonds is 3. The Morgan fingerprint density at radius 2 is 1.95 bits per heavy atom. The second-order valence-electron chi connectivity index (χ2n) is 5.34. The first-order valence-electron chi connectivity index (χ1n) is 7.23. The third kappa shape index (κ3) is 3.33. The van der Waals surface area contributed by atoms with Gasteiger partial charge in [0.15, 0.2) is 0 Å². The van der Waals surface area contributed by atoms with Crippen LogP contribution in [-0.2, 0) is 14.3 Å². The molecule has 6 heteroatoms. The molecule has 0 aromatic heterocycles. The van der Waals surface area contributed by atoms with E-state index in [-0.39, 0.29) is 24.2 Å². The Balaban J connectivity index is 1.59. The smallest absolute Gasteiger partial charge is 0.229 e. The van der Waals surface area contributed by atoms with Gasteiger partial charge in [-0.3, -0.25) is 9.59 Å². The zero-order chi connectivity index (χ0) is 14.7. The number of carbonyl (C=O) groups excluding carboxylic acids is 2. The molecule has 3 rings (SSSR count). The molecule has 0 radical (unpaired) electrons. The molecule has 2 heterocycles. The molecule has 2 aliphatic rings. The Labute approximate surface area is 123 Å². The molecule has 1 atom stereocenters. The van der Waals surface area contributed by atoms with Gasteiger partial charge in [0.25, 0.3) is 0 Å². The monoisotopic (exact) mass is 289 g/mol. The first-order valence-corrected chi connectivity index (χ1v) is 7.23. The van der Waals surface area contributed by atoms with Crippen molar-refractivity contribution in [3.8, 4) is 0 Å². The summed E-state index contributed by atoms with van der Waals surface area (Å²) in [6.45, 7) is 3.71. The minimum atomic E-state index is -0.267. The third-order valence-corrected chi connectivity index (χ3v) is 3.86. The molecule has 21 heavy (non-hydrogen) atoms. The summed E-state index contributed by atoms with van der Waals surface area (Å²) in [6, 6.07) is 7.79. The first-order chi connectivity index (χ1) is 10.2. The van der Waals surface area contributed by atoms with Gasteiger partial charge in [0, 0.05) is 37.4 Å². The lowest BCUT2D eigenvalue weighted by Gasteiger charge is -2.28. The van der Waals surface area contributed by atoms with Crippen molar-refractivity contribution in [3.05, 3.63) is 24.3 Å². The third-order valence-electron chi connectivity index (χ3n) is 3.86. The van der Waals surface area contributed by atoms with Gasteiger partial charge in [0.2, 0.25) is 11.8 Å². The molecule has 1 aromatic carbocycles. The number of amides is 2. The number of nitrogens with zero attached hydrogens (tertiary/aromatic N) is 1. The Kier molecular flexibility index (Phi) is 4.06. The van der Waals surface area contributed by atoms with Gasteiger partial charge in [-0.05, 0) is 24.3 Å². The van der Waals surface area contributed by atoms with Crippen LogP contribution in [0.4, 0.5) is 11.4 Å². The number of nitrogens with one attached hydrogen (secondary N) is 2. The highest BCUT2D eigenvalue weighted by Crippen LogP contribution is 2.20. The van der Waals surface area contributed by atoms with E-state index in [1.54, 1.807) is 0 Å². The largest absolute Gasteiger partial charge is 0.378 e. The van der Waals surface area contributed by atoms with Crippen LogP contribution in [0, 0.1) is 5.92 Å². The van der Waals surface area contributed by atoms with Gasteiger partial charge < -0.3 is 20.3 Å². The second kappa shape index (κ2) is 6.13. The molecule has 0 spiro atoms. The van der Waals surface area contributed by atoms with E-state index in [9.17, 15) is 9.59 Å². The van der Waals surface area contributed by atoms with Crippen molar-refractivity contribution in [2.45, 2.75) is 6.42 Å². The lowest BCUT2D eigenvalue weighted by molar-refractivity contribution is -0.123. The van der Waals surface area contributed by atoms with Crippen molar-refractivity contribution in [3.63, 3.8) is 0 Å². The van der Waals surface area contributed by atoms with Gasteiger partial charge in [0.05, 0.1) is 19.1 Å². The summed E-state index contributed by atoms with van der Waals surface area (Å²) >= 11 is 0. The molecule has 2 amide bonds. The van der Waals surface area contributed by atoms with E-state index in [1.807, 2.05) is 24.3 Å². The van der Waals surface area contributed by atoms with E-state index in [1.165, 1.54) is 0 Å². The molecular formula is C15H19N3O3. The molecule has 2 saturated heterocycles. The van der Waals surface area contributed by atoms with Crippen molar-refractivity contribution in [2.24, 2.45) is 5.92 Å². The van der Waals surface area contributed by atoms with E-state index < -0.39 is 0 Å². The number of benzene rings is 1. The van der Waals surface area contributed by atoms with Crippen molar-refractivity contribution in [1.29, 1.82) is 0 Å². The van der Waals surface area contributed by atoms with Crippen LogP contribution in [0.25, 0.3) is 0 Å². The van der Waals surface area contributed by atoms with E-state index in [4.69, 9.17) is 4.74 Å². The maximum atomic E-state index is 12.0. The molecule has 112 valence electrons. The molecule has 0 saturated carbocycles. The molecule has 1 unspecified atom stereocenters. The van der Waals surface area contributed by atoms with E-state index in [0.29, 0.717) is 6.54 Å². The van der Waals surface area contributed by atoms with Crippen molar-refractivity contribution in [2.75, 3.05) is 43.1 Å². The average Bonchev–Trinajstić information content (AvgIpc) is 2.96. The molecule has 6 nitrogen and oxygen atoms in total. The number of anilines is 2. The van der Waals surface area contributed by atoms with Crippen LogP contribution in [0.1, 0.15) is 6.42 Å². The molecule has 2 aliphatic heterocycles. The quantitative estimate of drug-likeness (QED) is 0.855. The normalized spacial score (nSPS) is 22.0. The van der Waals surface area contributed by atoms with Crippen molar-refractivity contribution < 1.29 is 14.3 Å². The van der Waals surface area contributed by atoms with Gasteiger partial charge in [-0.2, -0.15) is 0 Å². The fraction of sp³-hybridized carbons (Fsp3) is 0.467. The highest BCUT2D eigenvalue weighted by Gasteiger charge is 2.27. The van der Waals surface area contributed by atoms with Gasteiger partial charge in [0.1, 0.15) is 0 Å². The molecule has 1 aromatic rings. The van der Waals surface area contributed by atoms with Gasteiger partial charge >= 0.3 is 0 Å². The number of morpholine rings is 1. The minimum Gasteiger partial charge on any atom is -0.378 e. The van der Waals surface area contributed by atoms with Gasteiger partial charge in [-0.1, -0.05) is 0 Å². The Morgan fingerprint density at radius 1 is 1.24 bits per heavy atom. The Morgan fingerprint density at radius 3 is 2.57 bits per heavy atom. The summed E-state index contributed by atoms with van der Waals surface area (Å²) in [7, 11) is 0. The topological polar surface area (TPSA) is 70.7 Å². The van der Waals surface area contributed by atoms with Crippen LogP contribution in [0.3, 0.4) is 0 Å². The van der Waals surface area contributed by atoms with Gasteiger partial charge in [-0.25, -0.2) is 0 Å². The first kappa shape index (κ1) is 13.9. The summed E-state index contributed by atoms with van der Waals surface area (Å²) < 4.78 is 5.33. The minimum absolute atomic E-state index is 0.0576. The van der Waals surface area contributed by atoms with Crippen LogP contribution >= 0.6 is 0 Å². The van der Waals surface area contributed by atoms with Crippen molar-refractivity contribution >= 4 is 23.2 Å². The summed E-state index contributed by atoms with van der Waals surface area (Å²) in [5, 5.41) is 5.53. The highest BCUT2D eigenvalue weighted by molar-refractivity contribution is 5.97. The fourth-order valence-corrected chi connectivity index (χ4v) is 2.61. The lowest BCUT2D eigenvalue weighted by atomic mass is 10.1. The maximum Gasteiger partial charge on any atom is 0.229 e. The number of carbonyl (C=O) groups is 2. The summed E-state index contributed by atoms with van der Waals surface area (Å²) in [4.78, 5) is 25.4. The molecule has 0 bridgehead atoms. The van der Waals surface area contributed by atoms with Crippen LogP contribution < -0.4 is 15.5 Å². The van der Waals surface area contributed by atoms with Crippen LogP contribution in [0.2, 0.25) is 0 Å². The van der Waals surface area contributed by atoms with Crippen LogP contribution in [0.5, 0.6) is 0 Å². The average molecular weight is 289 g/mol. The zero-order valence-electron chi connectivity index (χ0n) is 11.8. The lowest BCUT2D eigenvalue weighted by Crippen LogP contribution is -2.36. The predicted octanol–water partition coefficient (Wildman–Crippen LogP) is 0.598. The SMILES string of the molecule is O=C1CC(C(=O)Nc2ccc(N3CCOCC3)cc2)CN1. The van der Waals surface area contributed by atoms with Crippen molar-refractivity contribution in [1.82, 2.24) is 5.32 Å². The molecular weight excluding hydrogens is 270 g/mol. The predicted molar refractivity (Wildman–Crippen MR) is 79.2 cm³/mol. The molecule has 2 N–H and O–H groups in total. The van der Waals surface area contributed by atoms with Crippen LogP contribution in [-0.4, -0.2) is 44.7 Å². The molecule has 0 aliphatic carbocycles. The highest BCUT2D eigenvalue weighted by atomic mass is 16.5. The van der Waals surface area contributed by atoms with E-state index in [2.05, 4.69) is 15.5 Å². The summed E-state index contributed by atoms with van der Waals surface area (Å²) in [5.41, 5.74) is 1.89.